The number of hydrogen-bond acceptors (Lipinski definition) is 7. The van der Waals surface area contributed by atoms with Crippen LogP contribution in [0.2, 0.25) is 5.02 Å². The zero-order chi connectivity index (χ0) is 24.2. The molecular weight excluding hydrogens is 477 g/mol. The Labute approximate surface area is 188 Å². The van der Waals surface area contributed by atoms with E-state index in [1.165, 1.54) is 10.9 Å². The van der Waals surface area contributed by atoms with Crippen LogP contribution in [0.4, 0.5) is 13.2 Å². The van der Waals surface area contributed by atoms with Gasteiger partial charge in [0.25, 0.3) is 5.56 Å². The number of benzene rings is 1. The van der Waals surface area contributed by atoms with Crippen LogP contribution < -0.4 is 10.3 Å². The molecule has 1 heterocycles. The molecule has 178 valence electrons. The minimum Gasteiger partial charge on any atom is -0.485 e. The molecule has 0 bridgehead atoms. The van der Waals surface area contributed by atoms with Crippen LogP contribution in [0.15, 0.2) is 35.3 Å². The first-order valence-corrected chi connectivity index (χ1v) is 11.0. The first kappa shape index (κ1) is 26.1. The molecule has 0 atom stereocenters. The van der Waals surface area contributed by atoms with Gasteiger partial charge in [-0.2, -0.15) is 26.7 Å². The molecular formula is C19H22ClF3N2O6S. The zero-order valence-corrected chi connectivity index (χ0v) is 19.1. The van der Waals surface area contributed by atoms with Gasteiger partial charge in [0.1, 0.15) is 6.61 Å². The van der Waals surface area contributed by atoms with Gasteiger partial charge in [0.05, 0.1) is 31.6 Å². The minimum absolute atomic E-state index is 0.0390. The maximum Gasteiger partial charge on any atom is 0.523 e. The van der Waals surface area contributed by atoms with Gasteiger partial charge in [0.15, 0.2) is 10.8 Å². The lowest BCUT2D eigenvalue weighted by Gasteiger charge is -2.21. The molecule has 0 saturated heterocycles. The van der Waals surface area contributed by atoms with Crippen LogP contribution in [0, 0.1) is 0 Å². The molecule has 0 aliphatic heterocycles. The van der Waals surface area contributed by atoms with Crippen molar-refractivity contribution in [3.8, 4) is 5.75 Å². The number of nitrogens with zero attached hydrogens (tertiary/aromatic N) is 2. The van der Waals surface area contributed by atoms with Gasteiger partial charge in [0, 0.05) is 0 Å². The molecule has 0 N–H and O–H groups in total. The Bertz CT molecular complexity index is 1080. The molecule has 1 aromatic heterocycles. The fourth-order valence-electron chi connectivity index (χ4n) is 2.35. The number of rotatable bonds is 9. The molecule has 0 aliphatic carbocycles. The van der Waals surface area contributed by atoms with E-state index in [4.69, 9.17) is 21.1 Å². The average Bonchev–Trinajstić information content (AvgIpc) is 2.68. The predicted octanol–water partition coefficient (Wildman–Crippen LogP) is 3.61. The molecule has 2 rings (SSSR count). The summed E-state index contributed by atoms with van der Waals surface area (Å²) in [6.07, 6.45) is 1.37. The summed E-state index contributed by atoms with van der Waals surface area (Å²) in [5, 5.41) is 4.01. The van der Waals surface area contributed by atoms with Gasteiger partial charge in [-0.3, -0.25) is 8.98 Å². The number of aromatic nitrogens is 2. The molecule has 0 spiro atoms. The Morgan fingerprint density at radius 1 is 1.03 bits per heavy atom. The van der Waals surface area contributed by atoms with Gasteiger partial charge in [0.2, 0.25) is 0 Å². The summed E-state index contributed by atoms with van der Waals surface area (Å²) in [6.45, 7) is 4.52. The molecule has 1 aromatic carbocycles. The van der Waals surface area contributed by atoms with Gasteiger partial charge in [-0.05, 0) is 31.9 Å². The third-order valence-electron chi connectivity index (χ3n) is 3.96. The Hall–Kier alpha value is -2.15. The van der Waals surface area contributed by atoms with Crippen LogP contribution in [0.3, 0.4) is 0 Å². The van der Waals surface area contributed by atoms with Crippen molar-refractivity contribution in [3.63, 3.8) is 0 Å². The van der Waals surface area contributed by atoms with E-state index in [2.05, 4.69) is 9.28 Å². The largest absolute Gasteiger partial charge is 0.523 e. The molecule has 0 amide bonds. The number of ether oxygens (including phenoxy) is 2. The van der Waals surface area contributed by atoms with E-state index >= 15 is 0 Å². The van der Waals surface area contributed by atoms with Crippen LogP contribution in [0.5, 0.6) is 5.75 Å². The van der Waals surface area contributed by atoms with Crippen LogP contribution in [0.1, 0.15) is 31.9 Å². The first-order valence-electron chi connectivity index (χ1n) is 9.25. The third kappa shape index (κ3) is 6.92. The van der Waals surface area contributed by atoms with Crippen molar-refractivity contribution in [1.29, 1.82) is 0 Å². The van der Waals surface area contributed by atoms with Gasteiger partial charge in [-0.1, -0.05) is 35.9 Å². The lowest BCUT2D eigenvalue weighted by Crippen LogP contribution is -2.36. The number of alkyl halides is 3. The number of halogens is 4. The second-order valence-corrected chi connectivity index (χ2v) is 9.58. The molecule has 0 radical (unpaired) electrons. The minimum atomic E-state index is -5.62. The summed E-state index contributed by atoms with van der Waals surface area (Å²) in [6, 6.07) is 6.84. The van der Waals surface area contributed by atoms with Crippen molar-refractivity contribution in [2.45, 2.75) is 45.0 Å². The highest BCUT2D eigenvalue weighted by Gasteiger charge is 2.47. The lowest BCUT2D eigenvalue weighted by molar-refractivity contribution is -0.0556. The van der Waals surface area contributed by atoms with E-state index < -0.39 is 33.3 Å². The summed E-state index contributed by atoms with van der Waals surface area (Å²) in [5.74, 6) is 0.151. The molecule has 0 aliphatic rings. The Balaban J connectivity index is 1.84. The van der Waals surface area contributed by atoms with Gasteiger partial charge in [-0.15, -0.1) is 0 Å². The van der Waals surface area contributed by atoms with E-state index in [9.17, 15) is 26.4 Å². The van der Waals surface area contributed by atoms with Crippen molar-refractivity contribution in [3.05, 3.63) is 57.0 Å². The highest BCUT2D eigenvalue weighted by Crippen LogP contribution is 2.24. The molecule has 0 saturated carbocycles. The maximum absolute atomic E-state index is 12.3. The van der Waals surface area contributed by atoms with Gasteiger partial charge >= 0.3 is 15.6 Å². The monoisotopic (exact) mass is 498 g/mol. The number of hydrogen-bond donors (Lipinski definition) is 0. The normalized spacial score (nSPS) is 12.7. The first-order chi connectivity index (χ1) is 14.7. The van der Waals surface area contributed by atoms with Crippen molar-refractivity contribution >= 4 is 21.7 Å². The Morgan fingerprint density at radius 2 is 1.59 bits per heavy atom. The second-order valence-electron chi connectivity index (χ2n) is 7.59. The highest BCUT2D eigenvalue weighted by molar-refractivity contribution is 7.87. The summed E-state index contributed by atoms with van der Waals surface area (Å²) in [4.78, 5) is 12.3. The van der Waals surface area contributed by atoms with Crippen LogP contribution in [-0.2, 0) is 37.8 Å². The van der Waals surface area contributed by atoms with E-state index in [0.717, 1.165) is 5.56 Å². The highest BCUT2D eigenvalue weighted by atomic mass is 35.5. The summed E-state index contributed by atoms with van der Waals surface area (Å²) in [5.41, 5.74) is -5.01. The smallest absolute Gasteiger partial charge is 0.485 e. The molecule has 0 fully saturated rings. The second kappa shape index (κ2) is 10.2. The Kier molecular flexibility index (Phi) is 8.32. The SMILES string of the molecule is CC(C)(C)n1ncc(OCc2ccc(COCCOS(=O)(=O)C(F)(F)F)cc2)c(Cl)c1=O. The third-order valence-corrected chi connectivity index (χ3v) is 5.35. The fraction of sp³-hybridized carbons (Fsp3) is 0.474. The summed E-state index contributed by atoms with van der Waals surface area (Å²) < 4.78 is 73.7. The molecule has 32 heavy (non-hydrogen) atoms. The van der Waals surface area contributed by atoms with Crippen LogP contribution >= 0.6 is 11.6 Å². The molecule has 2 aromatic rings. The van der Waals surface area contributed by atoms with Crippen molar-refractivity contribution in [2.24, 2.45) is 0 Å². The Morgan fingerprint density at radius 3 is 2.12 bits per heavy atom. The van der Waals surface area contributed by atoms with E-state index in [-0.39, 0.29) is 30.6 Å². The van der Waals surface area contributed by atoms with E-state index in [0.29, 0.717) is 5.56 Å². The van der Waals surface area contributed by atoms with Gasteiger partial charge < -0.3 is 9.47 Å². The van der Waals surface area contributed by atoms with Crippen LogP contribution in [-0.4, -0.2) is 36.9 Å². The van der Waals surface area contributed by atoms with Crippen LogP contribution in [0.25, 0.3) is 0 Å². The molecule has 13 heteroatoms. The zero-order valence-electron chi connectivity index (χ0n) is 17.5. The standard InChI is InChI=1S/C19H22ClF3N2O6S/c1-18(2,3)25-17(26)16(20)15(10-24-25)30-12-14-6-4-13(5-7-14)11-29-8-9-31-32(27,28)19(21,22)23/h4-7,10H,8-9,11-12H2,1-3H3. The van der Waals surface area contributed by atoms with E-state index in [1.807, 2.05) is 20.8 Å². The quantitative estimate of drug-likeness (QED) is 0.296. The molecule has 0 unspecified atom stereocenters. The fourth-order valence-corrected chi connectivity index (χ4v) is 2.95. The topological polar surface area (TPSA) is 96.7 Å². The van der Waals surface area contributed by atoms with Crippen molar-refractivity contribution < 1.29 is 35.2 Å². The average molecular weight is 499 g/mol. The lowest BCUT2D eigenvalue weighted by atomic mass is 10.1. The van der Waals surface area contributed by atoms with Crippen molar-refractivity contribution in [1.82, 2.24) is 9.78 Å². The molecule has 8 nitrogen and oxygen atoms in total. The van der Waals surface area contributed by atoms with E-state index in [1.54, 1.807) is 24.3 Å². The summed E-state index contributed by atoms with van der Waals surface area (Å²) in [7, 11) is -5.62. The summed E-state index contributed by atoms with van der Waals surface area (Å²) >= 11 is 6.11. The maximum atomic E-state index is 12.3. The van der Waals surface area contributed by atoms with Crippen molar-refractivity contribution in [2.75, 3.05) is 13.2 Å². The van der Waals surface area contributed by atoms with Gasteiger partial charge in [-0.25, -0.2) is 4.68 Å². The predicted molar refractivity (Wildman–Crippen MR) is 110 cm³/mol.